The Morgan fingerprint density at radius 1 is 0.905 bits per heavy atom. The van der Waals surface area contributed by atoms with Gasteiger partial charge in [-0.15, -0.1) is 0 Å². The third-order valence-corrected chi connectivity index (χ3v) is 4.50. The van der Waals surface area contributed by atoms with E-state index in [-0.39, 0.29) is 13.2 Å². The summed E-state index contributed by atoms with van der Waals surface area (Å²) in [5.41, 5.74) is 1.70. The maximum absolute atomic E-state index is 9.84. The average molecular weight is 349 g/mol. The Labute approximate surface area is 134 Å². The first-order valence-corrected chi connectivity index (χ1v) is 8.01. The van der Waals surface area contributed by atoms with Gasteiger partial charge in [-0.1, -0.05) is 58.4 Å². The fourth-order valence-electron chi connectivity index (χ4n) is 2.63. The van der Waals surface area contributed by atoms with Gasteiger partial charge < -0.3 is 10.2 Å². The first kappa shape index (κ1) is 16.2. The van der Waals surface area contributed by atoms with Gasteiger partial charge in [-0.3, -0.25) is 0 Å². The first-order chi connectivity index (χ1) is 10.2. The molecule has 21 heavy (non-hydrogen) atoms. The van der Waals surface area contributed by atoms with Crippen LogP contribution in [0, 0.1) is 0 Å². The Kier molecular flexibility index (Phi) is 5.97. The van der Waals surface area contributed by atoms with Crippen LogP contribution in [0.5, 0.6) is 0 Å². The third kappa shape index (κ3) is 4.16. The van der Waals surface area contributed by atoms with Crippen LogP contribution in [0.15, 0.2) is 59.1 Å². The quantitative estimate of drug-likeness (QED) is 0.800. The average Bonchev–Trinajstić information content (AvgIpc) is 2.53. The molecule has 0 aliphatic heterocycles. The summed E-state index contributed by atoms with van der Waals surface area (Å²) in [6, 6.07) is 18.1. The molecular formula is C18H21BrO2. The molecule has 0 unspecified atom stereocenters. The minimum atomic E-state index is -0.571. The summed E-state index contributed by atoms with van der Waals surface area (Å²) in [5, 5.41) is 19.7. The zero-order valence-electron chi connectivity index (χ0n) is 12.0. The summed E-state index contributed by atoms with van der Waals surface area (Å²) in [4.78, 5) is 0. The molecule has 0 fully saturated rings. The highest BCUT2D eigenvalue weighted by Crippen LogP contribution is 2.31. The topological polar surface area (TPSA) is 40.5 Å². The molecule has 0 aliphatic rings. The van der Waals surface area contributed by atoms with Crippen LogP contribution < -0.4 is 0 Å². The Hall–Kier alpha value is -1.16. The molecular weight excluding hydrogens is 328 g/mol. The lowest BCUT2D eigenvalue weighted by atomic mass is 9.77. The van der Waals surface area contributed by atoms with Gasteiger partial charge in [0.05, 0.1) is 13.2 Å². The van der Waals surface area contributed by atoms with E-state index in [9.17, 15) is 10.2 Å². The molecule has 0 atom stereocenters. The minimum Gasteiger partial charge on any atom is -0.395 e. The number of aryl methyl sites for hydroxylation is 1. The van der Waals surface area contributed by atoms with Gasteiger partial charge in [0.25, 0.3) is 0 Å². The summed E-state index contributed by atoms with van der Waals surface area (Å²) in [6.07, 6.45) is 2.64. The van der Waals surface area contributed by atoms with Crippen LogP contribution in [0.2, 0.25) is 0 Å². The Balaban J connectivity index is 2.08. The van der Waals surface area contributed by atoms with Crippen molar-refractivity contribution in [1.82, 2.24) is 0 Å². The van der Waals surface area contributed by atoms with Crippen molar-refractivity contribution in [3.63, 3.8) is 0 Å². The normalized spacial score (nSPS) is 11.6. The molecule has 2 rings (SSSR count). The lowest BCUT2D eigenvalue weighted by Gasteiger charge is -2.30. The zero-order valence-corrected chi connectivity index (χ0v) is 13.6. The molecule has 3 heteroatoms. The highest BCUT2D eigenvalue weighted by atomic mass is 79.9. The van der Waals surface area contributed by atoms with Gasteiger partial charge in [-0.05, 0) is 42.5 Å². The van der Waals surface area contributed by atoms with Crippen molar-refractivity contribution < 1.29 is 10.2 Å². The molecule has 0 saturated carbocycles. The molecule has 2 aromatic carbocycles. The van der Waals surface area contributed by atoms with Crippen LogP contribution >= 0.6 is 15.9 Å². The largest absolute Gasteiger partial charge is 0.395 e. The molecule has 0 spiro atoms. The molecule has 0 radical (unpaired) electrons. The van der Waals surface area contributed by atoms with Gasteiger partial charge >= 0.3 is 0 Å². The minimum absolute atomic E-state index is 0.0469. The van der Waals surface area contributed by atoms with Crippen molar-refractivity contribution in [2.24, 2.45) is 0 Å². The van der Waals surface area contributed by atoms with Crippen LogP contribution in [0.4, 0.5) is 0 Å². The molecule has 0 aliphatic carbocycles. The van der Waals surface area contributed by atoms with Gasteiger partial charge in [0.2, 0.25) is 0 Å². The van der Waals surface area contributed by atoms with Crippen LogP contribution in [0.3, 0.4) is 0 Å². The second kappa shape index (κ2) is 7.74. The molecule has 0 heterocycles. The monoisotopic (exact) mass is 348 g/mol. The highest BCUT2D eigenvalue weighted by Gasteiger charge is 2.30. The van der Waals surface area contributed by atoms with Gasteiger partial charge in [0.15, 0.2) is 0 Å². The smallest absolute Gasteiger partial charge is 0.0550 e. The Morgan fingerprint density at radius 3 is 2.24 bits per heavy atom. The number of rotatable bonds is 7. The SMILES string of the molecule is OCC(CO)(CCCc1ccccc1)c1cccc(Br)c1. The van der Waals surface area contributed by atoms with Crippen LogP contribution in [0.1, 0.15) is 24.0 Å². The number of hydrogen-bond donors (Lipinski definition) is 2. The lowest BCUT2D eigenvalue weighted by molar-refractivity contribution is 0.107. The Bertz CT molecular complexity index is 550. The van der Waals surface area contributed by atoms with E-state index in [1.165, 1.54) is 5.56 Å². The Morgan fingerprint density at radius 2 is 1.62 bits per heavy atom. The van der Waals surface area contributed by atoms with Crippen molar-refractivity contribution in [3.8, 4) is 0 Å². The van der Waals surface area contributed by atoms with Crippen molar-refractivity contribution in [1.29, 1.82) is 0 Å². The summed E-state index contributed by atoms with van der Waals surface area (Å²) >= 11 is 3.45. The van der Waals surface area contributed by atoms with Gasteiger partial charge in [0, 0.05) is 9.89 Å². The number of halogens is 1. The van der Waals surface area contributed by atoms with Crippen molar-refractivity contribution in [2.45, 2.75) is 24.7 Å². The predicted octanol–water partition coefficient (Wildman–Crippen LogP) is 3.69. The van der Waals surface area contributed by atoms with Gasteiger partial charge in [-0.2, -0.15) is 0 Å². The van der Waals surface area contributed by atoms with E-state index < -0.39 is 5.41 Å². The van der Waals surface area contributed by atoms with E-state index in [1.807, 2.05) is 42.5 Å². The maximum atomic E-state index is 9.84. The third-order valence-electron chi connectivity index (χ3n) is 4.01. The second-order valence-corrected chi connectivity index (χ2v) is 6.36. The van der Waals surface area contributed by atoms with Crippen LogP contribution in [-0.2, 0) is 11.8 Å². The molecule has 0 saturated heterocycles. The summed E-state index contributed by atoms with van der Waals surface area (Å²) in [5.74, 6) is 0. The fourth-order valence-corrected chi connectivity index (χ4v) is 3.03. The van der Waals surface area contributed by atoms with Crippen molar-refractivity contribution >= 4 is 15.9 Å². The van der Waals surface area contributed by atoms with E-state index in [4.69, 9.17) is 0 Å². The summed E-state index contributed by atoms with van der Waals surface area (Å²) < 4.78 is 0.967. The first-order valence-electron chi connectivity index (χ1n) is 7.22. The fraction of sp³-hybridized carbons (Fsp3) is 0.333. The van der Waals surface area contributed by atoms with E-state index in [0.717, 1.165) is 29.3 Å². The van der Waals surface area contributed by atoms with Gasteiger partial charge in [0.1, 0.15) is 0 Å². The number of aliphatic hydroxyl groups excluding tert-OH is 2. The van der Waals surface area contributed by atoms with Crippen LogP contribution in [0.25, 0.3) is 0 Å². The maximum Gasteiger partial charge on any atom is 0.0550 e. The van der Waals surface area contributed by atoms with E-state index in [1.54, 1.807) is 0 Å². The van der Waals surface area contributed by atoms with Crippen molar-refractivity contribution in [2.75, 3.05) is 13.2 Å². The van der Waals surface area contributed by atoms with Crippen molar-refractivity contribution in [3.05, 3.63) is 70.2 Å². The predicted molar refractivity (Wildman–Crippen MR) is 89.4 cm³/mol. The number of hydrogen-bond acceptors (Lipinski definition) is 2. The summed E-state index contributed by atoms with van der Waals surface area (Å²) in [6.45, 7) is -0.0938. The van der Waals surface area contributed by atoms with E-state index >= 15 is 0 Å². The number of benzene rings is 2. The molecule has 2 N–H and O–H groups in total. The lowest BCUT2D eigenvalue weighted by Crippen LogP contribution is -2.35. The number of aliphatic hydroxyl groups is 2. The van der Waals surface area contributed by atoms with Crippen LogP contribution in [-0.4, -0.2) is 23.4 Å². The molecule has 0 bridgehead atoms. The zero-order chi connectivity index (χ0) is 15.1. The highest BCUT2D eigenvalue weighted by molar-refractivity contribution is 9.10. The van der Waals surface area contributed by atoms with E-state index in [2.05, 4.69) is 28.1 Å². The standard InChI is InChI=1S/C18H21BrO2/c19-17-10-4-9-16(12-17)18(13-20,14-21)11-5-8-15-6-2-1-3-7-15/h1-4,6-7,9-10,12,20-21H,5,8,11,13-14H2. The molecule has 2 nitrogen and oxygen atoms in total. The molecule has 0 aromatic heterocycles. The molecule has 2 aromatic rings. The molecule has 112 valence electrons. The van der Waals surface area contributed by atoms with Gasteiger partial charge in [-0.25, -0.2) is 0 Å². The van der Waals surface area contributed by atoms with E-state index in [0.29, 0.717) is 0 Å². The summed E-state index contributed by atoms with van der Waals surface area (Å²) in [7, 11) is 0. The molecule has 0 amide bonds. The second-order valence-electron chi connectivity index (χ2n) is 5.45.